The van der Waals surface area contributed by atoms with E-state index in [0.717, 1.165) is 10.9 Å². The second kappa shape index (κ2) is 2.57. The van der Waals surface area contributed by atoms with Crippen LogP contribution in [0.2, 0.25) is 0 Å². The van der Waals surface area contributed by atoms with Crippen molar-refractivity contribution in [2.45, 2.75) is 6.42 Å². The minimum atomic E-state index is -0.0614. The molecule has 2 aromatic rings. The van der Waals surface area contributed by atoms with Crippen molar-refractivity contribution in [2.24, 2.45) is 7.05 Å². The normalized spacial score (nSPS) is 15.0. The van der Waals surface area contributed by atoms with Crippen LogP contribution in [0.4, 0.5) is 0 Å². The zero-order valence-electron chi connectivity index (χ0n) is 8.28. The van der Waals surface area contributed by atoms with Gasteiger partial charge in [-0.2, -0.15) is 0 Å². The van der Waals surface area contributed by atoms with E-state index in [1.165, 1.54) is 0 Å². The molecule has 0 spiro atoms. The third-order valence-electron chi connectivity index (χ3n) is 2.97. The Bertz CT molecular complexity index is 607. The van der Waals surface area contributed by atoms with Gasteiger partial charge in [-0.3, -0.25) is 9.59 Å². The van der Waals surface area contributed by atoms with Crippen molar-refractivity contribution in [1.82, 2.24) is 4.57 Å². The molecule has 3 nitrogen and oxygen atoms in total. The molecule has 0 bridgehead atoms. The van der Waals surface area contributed by atoms with E-state index in [1.54, 1.807) is 0 Å². The summed E-state index contributed by atoms with van der Waals surface area (Å²) in [5.41, 5.74) is 2.13. The summed E-state index contributed by atoms with van der Waals surface area (Å²) in [5, 5.41) is 0.894. The summed E-state index contributed by atoms with van der Waals surface area (Å²) in [5.74, 6) is -0.111. The van der Waals surface area contributed by atoms with Crippen LogP contribution in [-0.2, 0) is 7.05 Å². The Balaban J connectivity index is 2.55. The molecule has 0 radical (unpaired) electrons. The van der Waals surface area contributed by atoms with Gasteiger partial charge in [0, 0.05) is 18.0 Å². The molecule has 0 unspecified atom stereocenters. The summed E-state index contributed by atoms with van der Waals surface area (Å²) in [4.78, 5) is 23.3. The van der Waals surface area contributed by atoms with E-state index >= 15 is 0 Å². The lowest BCUT2D eigenvalue weighted by Crippen LogP contribution is -2.01. The first-order chi connectivity index (χ1) is 7.20. The number of Topliss-reactive ketones (excluding diaryl/α,β-unsaturated/α-hetero) is 2. The first-order valence-electron chi connectivity index (χ1n) is 4.84. The predicted octanol–water partition coefficient (Wildman–Crippen LogP) is 1.95. The number of aromatic nitrogens is 1. The molecule has 74 valence electrons. The molecule has 0 atom stereocenters. The molecule has 0 aliphatic heterocycles. The van der Waals surface area contributed by atoms with E-state index in [9.17, 15) is 9.59 Å². The fourth-order valence-electron chi connectivity index (χ4n) is 2.32. The van der Waals surface area contributed by atoms with Crippen LogP contribution in [0.25, 0.3) is 10.9 Å². The highest BCUT2D eigenvalue weighted by atomic mass is 16.2. The summed E-state index contributed by atoms with van der Waals surface area (Å²) in [6, 6.07) is 7.62. The van der Waals surface area contributed by atoms with Crippen molar-refractivity contribution in [3.8, 4) is 0 Å². The van der Waals surface area contributed by atoms with Crippen molar-refractivity contribution < 1.29 is 9.59 Å². The standard InChI is InChI=1S/C12H9NO2/c1-13-8-5-3-2-4-7(8)11-9(14)6-10(15)12(11)13/h2-5H,6H2,1H3. The lowest BCUT2D eigenvalue weighted by Gasteiger charge is -1.98. The van der Waals surface area contributed by atoms with Gasteiger partial charge < -0.3 is 4.57 Å². The van der Waals surface area contributed by atoms with Gasteiger partial charge in [-0.05, 0) is 6.07 Å². The van der Waals surface area contributed by atoms with Crippen LogP contribution < -0.4 is 0 Å². The number of fused-ring (bicyclic) bond motifs is 3. The first kappa shape index (κ1) is 8.41. The first-order valence-corrected chi connectivity index (χ1v) is 4.84. The molecule has 1 aliphatic carbocycles. The Labute approximate surface area is 86.3 Å². The van der Waals surface area contributed by atoms with Gasteiger partial charge in [0.05, 0.1) is 17.7 Å². The molecule has 0 fully saturated rings. The van der Waals surface area contributed by atoms with Gasteiger partial charge in [0.25, 0.3) is 0 Å². The Morgan fingerprint density at radius 3 is 2.67 bits per heavy atom. The third-order valence-corrected chi connectivity index (χ3v) is 2.97. The summed E-state index contributed by atoms with van der Waals surface area (Å²) in [7, 11) is 1.83. The van der Waals surface area contributed by atoms with Gasteiger partial charge in [-0.25, -0.2) is 0 Å². The maximum absolute atomic E-state index is 11.7. The van der Waals surface area contributed by atoms with Crippen LogP contribution in [0, 0.1) is 0 Å². The largest absolute Gasteiger partial charge is 0.341 e. The number of carbonyl (C=O) groups excluding carboxylic acids is 2. The van der Waals surface area contributed by atoms with Gasteiger partial charge in [0.1, 0.15) is 0 Å². The summed E-state index contributed by atoms with van der Waals surface area (Å²) in [6.45, 7) is 0. The van der Waals surface area contributed by atoms with Crippen molar-refractivity contribution in [3.05, 3.63) is 35.5 Å². The number of rotatable bonds is 0. The minimum Gasteiger partial charge on any atom is -0.341 e. The highest BCUT2D eigenvalue weighted by Crippen LogP contribution is 2.31. The molecule has 3 rings (SSSR count). The molecule has 0 amide bonds. The molecule has 1 heterocycles. The van der Waals surface area contributed by atoms with E-state index in [2.05, 4.69) is 0 Å². The minimum absolute atomic E-state index is 0.0311. The van der Waals surface area contributed by atoms with Crippen LogP contribution in [0.15, 0.2) is 24.3 Å². The topological polar surface area (TPSA) is 39.1 Å². The van der Waals surface area contributed by atoms with E-state index in [1.807, 2.05) is 35.9 Å². The number of benzene rings is 1. The number of ketones is 2. The van der Waals surface area contributed by atoms with Crippen LogP contribution in [-0.4, -0.2) is 16.1 Å². The average Bonchev–Trinajstić information content (AvgIpc) is 2.68. The van der Waals surface area contributed by atoms with Crippen LogP contribution in [0.5, 0.6) is 0 Å². The Hall–Kier alpha value is -1.90. The molecule has 1 aromatic heterocycles. The Kier molecular flexibility index (Phi) is 1.44. The van der Waals surface area contributed by atoms with E-state index in [4.69, 9.17) is 0 Å². The molecule has 0 saturated carbocycles. The highest BCUT2D eigenvalue weighted by molar-refractivity contribution is 6.29. The van der Waals surface area contributed by atoms with Gasteiger partial charge in [0.2, 0.25) is 0 Å². The lowest BCUT2D eigenvalue weighted by molar-refractivity contribution is 0.0920. The van der Waals surface area contributed by atoms with Crippen LogP contribution >= 0.6 is 0 Å². The van der Waals surface area contributed by atoms with E-state index in [0.29, 0.717) is 11.3 Å². The van der Waals surface area contributed by atoms with Crippen molar-refractivity contribution >= 4 is 22.5 Å². The predicted molar refractivity (Wildman–Crippen MR) is 56.2 cm³/mol. The molecular formula is C12H9NO2. The summed E-state index contributed by atoms with van der Waals surface area (Å²) >= 11 is 0. The summed E-state index contributed by atoms with van der Waals surface area (Å²) < 4.78 is 1.82. The number of para-hydroxylation sites is 1. The zero-order valence-corrected chi connectivity index (χ0v) is 8.28. The fourth-order valence-corrected chi connectivity index (χ4v) is 2.32. The fraction of sp³-hybridized carbons (Fsp3) is 0.167. The molecule has 1 aromatic carbocycles. The third kappa shape index (κ3) is 0.897. The molecule has 1 aliphatic rings. The molecule has 0 N–H and O–H groups in total. The van der Waals surface area contributed by atoms with Crippen LogP contribution in [0.3, 0.4) is 0 Å². The van der Waals surface area contributed by atoms with Gasteiger partial charge >= 0.3 is 0 Å². The van der Waals surface area contributed by atoms with Gasteiger partial charge in [-0.1, -0.05) is 18.2 Å². The number of aryl methyl sites for hydroxylation is 1. The number of carbonyl (C=O) groups is 2. The van der Waals surface area contributed by atoms with E-state index in [-0.39, 0.29) is 18.0 Å². The van der Waals surface area contributed by atoms with Crippen molar-refractivity contribution in [1.29, 1.82) is 0 Å². The molecule has 15 heavy (non-hydrogen) atoms. The Morgan fingerprint density at radius 1 is 1.13 bits per heavy atom. The quantitative estimate of drug-likeness (QED) is 0.608. The second-order valence-electron chi connectivity index (χ2n) is 3.82. The number of nitrogens with zero attached hydrogens (tertiary/aromatic N) is 1. The summed E-state index contributed by atoms with van der Waals surface area (Å²) in [6.07, 6.45) is 0.0311. The molecular weight excluding hydrogens is 190 g/mol. The number of hydrogen-bond acceptors (Lipinski definition) is 2. The molecule has 0 saturated heterocycles. The van der Waals surface area contributed by atoms with E-state index < -0.39 is 0 Å². The highest BCUT2D eigenvalue weighted by Gasteiger charge is 2.33. The maximum Gasteiger partial charge on any atom is 0.187 e. The SMILES string of the molecule is Cn1c2c(c3ccccc31)C(=O)CC2=O. The Morgan fingerprint density at radius 2 is 1.87 bits per heavy atom. The average molecular weight is 199 g/mol. The smallest absolute Gasteiger partial charge is 0.187 e. The maximum atomic E-state index is 11.7. The zero-order chi connectivity index (χ0) is 10.6. The molecule has 3 heteroatoms. The second-order valence-corrected chi connectivity index (χ2v) is 3.82. The van der Waals surface area contributed by atoms with Crippen LogP contribution in [0.1, 0.15) is 27.3 Å². The van der Waals surface area contributed by atoms with Gasteiger partial charge in [-0.15, -0.1) is 0 Å². The van der Waals surface area contributed by atoms with Crippen molar-refractivity contribution in [3.63, 3.8) is 0 Å². The lowest BCUT2D eigenvalue weighted by atomic mass is 10.1. The number of hydrogen-bond donors (Lipinski definition) is 0. The monoisotopic (exact) mass is 199 g/mol. The van der Waals surface area contributed by atoms with Gasteiger partial charge in [0.15, 0.2) is 11.6 Å². The van der Waals surface area contributed by atoms with Crippen molar-refractivity contribution in [2.75, 3.05) is 0 Å².